The second-order valence-electron chi connectivity index (χ2n) is 5.43. The molecule has 4 nitrogen and oxygen atoms in total. The average Bonchev–Trinajstić information content (AvgIpc) is 2.67. The molecule has 2 heterocycles. The van der Waals surface area contributed by atoms with Gasteiger partial charge in [0.15, 0.2) is 0 Å². The number of nitrogens with two attached hydrogens (primary N) is 1. The molecule has 0 aromatic carbocycles. The molecule has 0 saturated carbocycles. The molecule has 1 aliphatic heterocycles. The van der Waals surface area contributed by atoms with Gasteiger partial charge in [-0.3, -0.25) is 4.68 Å². The number of rotatable bonds is 5. The third-order valence-electron chi connectivity index (χ3n) is 3.70. The van der Waals surface area contributed by atoms with Gasteiger partial charge in [0, 0.05) is 31.8 Å². The normalized spacial score (nSPS) is 22.1. The Morgan fingerprint density at radius 2 is 2.39 bits per heavy atom. The lowest BCUT2D eigenvalue weighted by atomic mass is 10.00. The van der Waals surface area contributed by atoms with Crippen molar-refractivity contribution in [2.45, 2.75) is 57.6 Å². The van der Waals surface area contributed by atoms with Crippen molar-refractivity contribution in [3.63, 3.8) is 0 Å². The van der Waals surface area contributed by atoms with Crippen molar-refractivity contribution in [1.82, 2.24) is 9.78 Å². The Morgan fingerprint density at radius 1 is 1.56 bits per heavy atom. The average molecular weight is 251 g/mol. The largest absolute Gasteiger partial charge is 0.378 e. The van der Waals surface area contributed by atoms with Crippen molar-refractivity contribution in [1.29, 1.82) is 0 Å². The van der Waals surface area contributed by atoms with Crippen LogP contribution < -0.4 is 5.73 Å². The van der Waals surface area contributed by atoms with E-state index in [1.807, 2.05) is 18.7 Å². The predicted octanol–water partition coefficient (Wildman–Crippen LogP) is 1.95. The van der Waals surface area contributed by atoms with Crippen LogP contribution in [-0.2, 0) is 18.2 Å². The summed E-state index contributed by atoms with van der Waals surface area (Å²) in [6.07, 6.45) is 7.21. The maximum Gasteiger partial charge on any atom is 0.0596 e. The van der Waals surface area contributed by atoms with Crippen LogP contribution >= 0.6 is 0 Å². The Labute approximate surface area is 110 Å². The maximum atomic E-state index is 6.20. The molecule has 102 valence electrons. The molecule has 2 atom stereocenters. The third-order valence-corrected chi connectivity index (χ3v) is 3.70. The van der Waals surface area contributed by atoms with Crippen LogP contribution in [0.25, 0.3) is 0 Å². The molecule has 0 amide bonds. The molecule has 0 radical (unpaired) electrons. The van der Waals surface area contributed by atoms with Gasteiger partial charge in [0.1, 0.15) is 0 Å². The minimum Gasteiger partial charge on any atom is -0.378 e. The second-order valence-corrected chi connectivity index (χ2v) is 5.43. The summed E-state index contributed by atoms with van der Waals surface area (Å²) in [6.45, 7) is 2.95. The lowest BCUT2D eigenvalue weighted by molar-refractivity contribution is 0.00913. The van der Waals surface area contributed by atoms with Crippen LogP contribution in [0.5, 0.6) is 0 Å². The fourth-order valence-electron chi connectivity index (χ4n) is 2.66. The summed E-state index contributed by atoms with van der Waals surface area (Å²) in [5.41, 5.74) is 8.50. The zero-order valence-corrected chi connectivity index (χ0v) is 11.6. The molecule has 1 aromatic rings. The van der Waals surface area contributed by atoms with Gasteiger partial charge in [-0.05, 0) is 45.1 Å². The van der Waals surface area contributed by atoms with E-state index in [0.717, 1.165) is 31.6 Å². The van der Waals surface area contributed by atoms with E-state index in [4.69, 9.17) is 10.5 Å². The second kappa shape index (κ2) is 6.34. The molecule has 2 N–H and O–H groups in total. The van der Waals surface area contributed by atoms with Gasteiger partial charge in [-0.15, -0.1) is 0 Å². The van der Waals surface area contributed by atoms with Gasteiger partial charge in [0.05, 0.1) is 11.8 Å². The van der Waals surface area contributed by atoms with Crippen LogP contribution in [0.2, 0.25) is 0 Å². The zero-order chi connectivity index (χ0) is 13.0. The first-order chi connectivity index (χ1) is 8.65. The van der Waals surface area contributed by atoms with E-state index in [1.165, 1.54) is 25.0 Å². The minimum absolute atomic E-state index is 0.213. The Balaban J connectivity index is 1.74. The van der Waals surface area contributed by atoms with Gasteiger partial charge in [-0.2, -0.15) is 5.10 Å². The van der Waals surface area contributed by atoms with Gasteiger partial charge in [-0.25, -0.2) is 0 Å². The van der Waals surface area contributed by atoms with E-state index in [0.29, 0.717) is 6.10 Å². The highest BCUT2D eigenvalue weighted by Crippen LogP contribution is 2.18. The van der Waals surface area contributed by atoms with E-state index in [1.54, 1.807) is 0 Å². The van der Waals surface area contributed by atoms with Crippen LogP contribution in [0.3, 0.4) is 0 Å². The maximum absolute atomic E-state index is 6.20. The highest BCUT2D eigenvalue weighted by Gasteiger charge is 2.16. The first-order valence-corrected chi connectivity index (χ1v) is 7.02. The van der Waals surface area contributed by atoms with Crippen molar-refractivity contribution in [3.8, 4) is 0 Å². The number of hydrogen-bond acceptors (Lipinski definition) is 3. The fourth-order valence-corrected chi connectivity index (χ4v) is 2.66. The van der Waals surface area contributed by atoms with Crippen molar-refractivity contribution in [2.75, 3.05) is 6.61 Å². The number of nitrogens with zero attached hydrogens (tertiary/aromatic N) is 2. The quantitative estimate of drug-likeness (QED) is 0.870. The van der Waals surface area contributed by atoms with Gasteiger partial charge in [0.2, 0.25) is 0 Å². The van der Waals surface area contributed by atoms with Crippen molar-refractivity contribution < 1.29 is 4.74 Å². The van der Waals surface area contributed by atoms with Gasteiger partial charge in [0.25, 0.3) is 0 Å². The molecule has 2 rings (SSSR count). The van der Waals surface area contributed by atoms with Crippen LogP contribution in [0.1, 0.15) is 43.5 Å². The molecular formula is C14H25N3O. The van der Waals surface area contributed by atoms with E-state index >= 15 is 0 Å². The predicted molar refractivity (Wildman–Crippen MR) is 72.4 cm³/mol. The highest BCUT2D eigenvalue weighted by molar-refractivity contribution is 5.09. The van der Waals surface area contributed by atoms with Gasteiger partial charge in [-0.1, -0.05) is 0 Å². The van der Waals surface area contributed by atoms with E-state index in [-0.39, 0.29) is 6.04 Å². The Bertz CT molecular complexity index is 369. The van der Waals surface area contributed by atoms with E-state index < -0.39 is 0 Å². The Morgan fingerprint density at radius 3 is 3.00 bits per heavy atom. The SMILES string of the molecule is Cc1cc(CC(N)CCC2CCCCO2)n(C)n1. The zero-order valence-electron chi connectivity index (χ0n) is 11.6. The molecule has 0 spiro atoms. The monoisotopic (exact) mass is 251 g/mol. The third kappa shape index (κ3) is 3.82. The molecule has 1 aliphatic rings. The van der Waals surface area contributed by atoms with Gasteiger partial charge >= 0.3 is 0 Å². The smallest absolute Gasteiger partial charge is 0.0596 e. The fraction of sp³-hybridized carbons (Fsp3) is 0.786. The van der Waals surface area contributed by atoms with Crippen molar-refractivity contribution >= 4 is 0 Å². The number of aryl methyl sites for hydroxylation is 2. The van der Waals surface area contributed by atoms with Crippen LogP contribution in [0, 0.1) is 6.92 Å². The minimum atomic E-state index is 0.213. The number of aromatic nitrogens is 2. The van der Waals surface area contributed by atoms with E-state index in [9.17, 15) is 0 Å². The van der Waals surface area contributed by atoms with Crippen molar-refractivity contribution in [3.05, 3.63) is 17.5 Å². The summed E-state index contributed by atoms with van der Waals surface area (Å²) in [6, 6.07) is 2.34. The molecular weight excluding hydrogens is 226 g/mol. The lowest BCUT2D eigenvalue weighted by Gasteiger charge is -2.23. The molecule has 0 aliphatic carbocycles. The summed E-state index contributed by atoms with van der Waals surface area (Å²) in [7, 11) is 1.99. The lowest BCUT2D eigenvalue weighted by Crippen LogP contribution is -2.27. The topological polar surface area (TPSA) is 53.1 Å². The first kappa shape index (κ1) is 13.6. The van der Waals surface area contributed by atoms with Gasteiger partial charge < -0.3 is 10.5 Å². The van der Waals surface area contributed by atoms with Crippen molar-refractivity contribution in [2.24, 2.45) is 12.8 Å². The highest BCUT2D eigenvalue weighted by atomic mass is 16.5. The summed E-state index contributed by atoms with van der Waals surface area (Å²) >= 11 is 0. The number of ether oxygens (including phenoxy) is 1. The molecule has 1 aromatic heterocycles. The molecule has 18 heavy (non-hydrogen) atoms. The van der Waals surface area contributed by atoms with E-state index in [2.05, 4.69) is 11.2 Å². The standard InChI is InChI=1S/C14H25N3O/c1-11-9-13(17(2)16-11)10-12(15)6-7-14-5-3-4-8-18-14/h9,12,14H,3-8,10,15H2,1-2H3. The summed E-state index contributed by atoms with van der Waals surface area (Å²) in [5.74, 6) is 0. The summed E-state index contributed by atoms with van der Waals surface area (Å²) in [4.78, 5) is 0. The Kier molecular flexibility index (Phi) is 4.78. The first-order valence-electron chi connectivity index (χ1n) is 7.02. The summed E-state index contributed by atoms with van der Waals surface area (Å²) < 4.78 is 7.67. The molecule has 0 bridgehead atoms. The Hall–Kier alpha value is -0.870. The molecule has 1 saturated heterocycles. The molecule has 1 fully saturated rings. The van der Waals surface area contributed by atoms with Crippen LogP contribution in [0.4, 0.5) is 0 Å². The number of hydrogen-bond donors (Lipinski definition) is 1. The van der Waals surface area contributed by atoms with Crippen LogP contribution in [0.15, 0.2) is 6.07 Å². The molecule has 4 heteroatoms. The van der Waals surface area contributed by atoms with Crippen LogP contribution in [-0.4, -0.2) is 28.5 Å². The molecule has 2 unspecified atom stereocenters. The summed E-state index contributed by atoms with van der Waals surface area (Å²) in [5, 5.41) is 4.35.